The van der Waals surface area contributed by atoms with Gasteiger partial charge < -0.3 is 9.64 Å². The van der Waals surface area contributed by atoms with Crippen molar-refractivity contribution in [3.63, 3.8) is 0 Å². The summed E-state index contributed by atoms with van der Waals surface area (Å²) >= 11 is 0. The number of benzene rings is 1. The van der Waals surface area contributed by atoms with Crippen LogP contribution in [0.15, 0.2) is 30.5 Å². The van der Waals surface area contributed by atoms with Crippen molar-refractivity contribution in [3.8, 4) is 11.4 Å². The molecule has 4 rings (SSSR count). The van der Waals surface area contributed by atoms with E-state index in [4.69, 9.17) is 4.74 Å². The van der Waals surface area contributed by atoms with Crippen LogP contribution < -0.4 is 4.74 Å². The van der Waals surface area contributed by atoms with Gasteiger partial charge >= 0.3 is 0 Å². The van der Waals surface area contributed by atoms with E-state index in [9.17, 15) is 4.79 Å². The third-order valence-electron chi connectivity index (χ3n) is 5.51. The minimum Gasteiger partial charge on any atom is -0.494 e. The van der Waals surface area contributed by atoms with E-state index in [-0.39, 0.29) is 5.91 Å². The molecule has 1 amide bonds. The molecule has 5 nitrogen and oxygen atoms in total. The first-order valence-electron chi connectivity index (χ1n) is 8.69. The number of ether oxygens (including phenoxy) is 1. The van der Waals surface area contributed by atoms with Crippen LogP contribution in [0.4, 0.5) is 0 Å². The molecule has 1 saturated carbocycles. The van der Waals surface area contributed by atoms with Crippen LogP contribution in [0.2, 0.25) is 0 Å². The van der Waals surface area contributed by atoms with Gasteiger partial charge in [-0.3, -0.25) is 4.79 Å². The Hall–Kier alpha value is -2.30. The highest BCUT2D eigenvalue weighted by atomic mass is 16.5. The summed E-state index contributed by atoms with van der Waals surface area (Å²) in [4.78, 5) is 15.0. The fraction of sp³-hybridized carbons (Fsp3) is 0.474. The SMILES string of the molecule is COc1ccccc1-n1ncc(C(=O)N2C[C@@H]3CCCC[C@@H]32)c1C. The number of fused-ring (bicyclic) bond motifs is 1. The van der Waals surface area contributed by atoms with Gasteiger partial charge in [-0.15, -0.1) is 0 Å². The number of amides is 1. The molecule has 1 aliphatic heterocycles. The molecule has 0 unspecified atom stereocenters. The Balaban J connectivity index is 1.62. The van der Waals surface area contributed by atoms with Gasteiger partial charge in [0.1, 0.15) is 11.4 Å². The van der Waals surface area contributed by atoms with Gasteiger partial charge in [-0.1, -0.05) is 25.0 Å². The van der Waals surface area contributed by atoms with E-state index in [0.717, 1.165) is 30.1 Å². The molecule has 5 heteroatoms. The molecule has 1 aromatic heterocycles. The monoisotopic (exact) mass is 325 g/mol. The molecule has 2 atom stereocenters. The van der Waals surface area contributed by atoms with E-state index in [0.29, 0.717) is 17.5 Å². The van der Waals surface area contributed by atoms with Crippen LogP contribution in [-0.4, -0.2) is 40.3 Å². The molecule has 126 valence electrons. The highest BCUT2D eigenvalue weighted by Gasteiger charge is 2.43. The molecule has 0 spiro atoms. The smallest absolute Gasteiger partial charge is 0.257 e. The van der Waals surface area contributed by atoms with E-state index in [1.165, 1.54) is 19.3 Å². The largest absolute Gasteiger partial charge is 0.494 e. The molecular formula is C19H23N3O2. The van der Waals surface area contributed by atoms with Crippen LogP contribution in [-0.2, 0) is 0 Å². The van der Waals surface area contributed by atoms with Crippen LogP contribution >= 0.6 is 0 Å². The maximum atomic E-state index is 12.9. The summed E-state index contributed by atoms with van der Waals surface area (Å²) in [7, 11) is 1.65. The molecule has 0 bridgehead atoms. The summed E-state index contributed by atoms with van der Waals surface area (Å²) in [6.07, 6.45) is 6.67. The Bertz CT molecular complexity index is 768. The fourth-order valence-corrected chi connectivity index (χ4v) is 4.12. The van der Waals surface area contributed by atoms with Gasteiger partial charge in [-0.25, -0.2) is 4.68 Å². The van der Waals surface area contributed by atoms with E-state index in [1.54, 1.807) is 18.0 Å². The summed E-state index contributed by atoms with van der Waals surface area (Å²) in [5, 5.41) is 4.45. The van der Waals surface area contributed by atoms with Gasteiger partial charge in [0.25, 0.3) is 5.91 Å². The average Bonchev–Trinajstić information content (AvgIpc) is 2.97. The number of rotatable bonds is 3. The Morgan fingerprint density at radius 3 is 2.83 bits per heavy atom. The number of methoxy groups -OCH3 is 1. The predicted molar refractivity (Wildman–Crippen MR) is 91.6 cm³/mol. The fourth-order valence-electron chi connectivity index (χ4n) is 4.12. The molecule has 1 aliphatic carbocycles. The zero-order valence-electron chi connectivity index (χ0n) is 14.2. The Labute approximate surface area is 142 Å². The van der Waals surface area contributed by atoms with Crippen molar-refractivity contribution in [2.24, 2.45) is 5.92 Å². The van der Waals surface area contributed by atoms with Crippen LogP contribution in [0, 0.1) is 12.8 Å². The van der Waals surface area contributed by atoms with Crippen molar-refractivity contribution in [3.05, 3.63) is 41.7 Å². The minimum atomic E-state index is 0.122. The highest BCUT2D eigenvalue weighted by Crippen LogP contribution is 2.38. The van der Waals surface area contributed by atoms with Crippen LogP contribution in [0.25, 0.3) is 5.69 Å². The summed E-state index contributed by atoms with van der Waals surface area (Å²) in [6.45, 7) is 2.85. The topological polar surface area (TPSA) is 47.4 Å². The summed E-state index contributed by atoms with van der Waals surface area (Å²) in [5.41, 5.74) is 2.42. The zero-order chi connectivity index (χ0) is 16.7. The Morgan fingerprint density at radius 1 is 1.25 bits per heavy atom. The highest BCUT2D eigenvalue weighted by molar-refractivity contribution is 5.96. The van der Waals surface area contributed by atoms with Crippen LogP contribution in [0.1, 0.15) is 41.7 Å². The van der Waals surface area contributed by atoms with Crippen molar-refractivity contribution in [2.45, 2.75) is 38.6 Å². The quantitative estimate of drug-likeness (QED) is 0.870. The molecule has 2 aromatic rings. The number of carbonyl (C=O) groups excluding carboxylic acids is 1. The molecule has 1 saturated heterocycles. The second-order valence-electron chi connectivity index (χ2n) is 6.80. The lowest BCUT2D eigenvalue weighted by atomic mass is 9.76. The van der Waals surface area contributed by atoms with E-state index >= 15 is 0 Å². The first-order valence-corrected chi connectivity index (χ1v) is 8.69. The molecule has 0 radical (unpaired) electrons. The maximum absolute atomic E-state index is 12.9. The zero-order valence-corrected chi connectivity index (χ0v) is 14.2. The minimum absolute atomic E-state index is 0.122. The van der Waals surface area contributed by atoms with Gasteiger partial charge in [0.15, 0.2) is 0 Å². The van der Waals surface area contributed by atoms with Crippen molar-refractivity contribution in [1.29, 1.82) is 0 Å². The first-order chi connectivity index (χ1) is 11.7. The first kappa shape index (κ1) is 15.2. The van der Waals surface area contributed by atoms with Gasteiger partial charge in [-0.05, 0) is 37.8 Å². The lowest BCUT2D eigenvalue weighted by Crippen LogP contribution is -2.59. The number of para-hydroxylation sites is 2. The standard InChI is InChI=1S/C19H23N3O2/c1-13-15(19(23)21-12-14-7-3-4-8-16(14)21)11-20-22(13)17-9-5-6-10-18(17)24-2/h5-6,9-11,14,16H,3-4,7-8,12H2,1-2H3/t14-,16-/m0/s1. The normalized spacial score (nSPS) is 22.7. The molecule has 2 fully saturated rings. The number of aromatic nitrogens is 2. The maximum Gasteiger partial charge on any atom is 0.257 e. The number of likely N-dealkylation sites (tertiary alicyclic amines) is 1. The number of hydrogen-bond donors (Lipinski definition) is 0. The second-order valence-corrected chi connectivity index (χ2v) is 6.80. The molecule has 24 heavy (non-hydrogen) atoms. The van der Waals surface area contributed by atoms with Gasteiger partial charge in [0.05, 0.1) is 24.6 Å². The van der Waals surface area contributed by atoms with Gasteiger partial charge in [0.2, 0.25) is 0 Å². The molecule has 1 aromatic carbocycles. The van der Waals surface area contributed by atoms with Crippen molar-refractivity contribution in [2.75, 3.05) is 13.7 Å². The molecule has 2 aliphatic rings. The summed E-state index contributed by atoms with van der Waals surface area (Å²) < 4.78 is 7.21. The average molecular weight is 325 g/mol. The molecule has 0 N–H and O–H groups in total. The number of hydrogen-bond acceptors (Lipinski definition) is 3. The van der Waals surface area contributed by atoms with Gasteiger partial charge in [-0.2, -0.15) is 5.10 Å². The van der Waals surface area contributed by atoms with E-state index < -0.39 is 0 Å². The number of nitrogens with zero attached hydrogens (tertiary/aromatic N) is 3. The second kappa shape index (κ2) is 5.96. The van der Waals surface area contributed by atoms with Crippen molar-refractivity contribution < 1.29 is 9.53 Å². The third kappa shape index (κ3) is 2.30. The number of carbonyl (C=O) groups is 1. The summed E-state index contributed by atoms with van der Waals surface area (Å²) in [5.74, 6) is 1.59. The van der Waals surface area contributed by atoms with Crippen LogP contribution in [0.3, 0.4) is 0 Å². The van der Waals surface area contributed by atoms with Gasteiger partial charge in [0, 0.05) is 12.6 Å². The molecule has 2 heterocycles. The van der Waals surface area contributed by atoms with Crippen LogP contribution in [0.5, 0.6) is 5.75 Å². The van der Waals surface area contributed by atoms with E-state index in [1.807, 2.05) is 36.1 Å². The third-order valence-corrected chi connectivity index (χ3v) is 5.51. The molecular weight excluding hydrogens is 302 g/mol. The lowest BCUT2D eigenvalue weighted by Gasteiger charge is -2.50. The Morgan fingerprint density at radius 2 is 2.04 bits per heavy atom. The summed E-state index contributed by atoms with van der Waals surface area (Å²) in [6, 6.07) is 8.17. The van der Waals surface area contributed by atoms with E-state index in [2.05, 4.69) is 5.10 Å². The van der Waals surface area contributed by atoms with Crippen molar-refractivity contribution in [1.82, 2.24) is 14.7 Å². The lowest BCUT2D eigenvalue weighted by molar-refractivity contribution is -0.00370. The van der Waals surface area contributed by atoms with Crippen molar-refractivity contribution >= 4 is 5.91 Å². The predicted octanol–water partition coefficient (Wildman–Crippen LogP) is 3.20. The Kier molecular flexibility index (Phi) is 3.79.